The van der Waals surface area contributed by atoms with Crippen LogP contribution < -0.4 is 15.8 Å². The maximum absolute atomic E-state index is 12.2. The summed E-state index contributed by atoms with van der Waals surface area (Å²) in [5.74, 6) is -0.195. The summed E-state index contributed by atoms with van der Waals surface area (Å²) >= 11 is 0. The van der Waals surface area contributed by atoms with Crippen LogP contribution in [0, 0.1) is 0 Å². The highest BCUT2D eigenvalue weighted by atomic mass is 16.5. The zero-order valence-corrected chi connectivity index (χ0v) is 18.9. The van der Waals surface area contributed by atoms with Gasteiger partial charge in [0.25, 0.3) is 11.5 Å². The van der Waals surface area contributed by atoms with E-state index in [2.05, 4.69) is 30.1 Å². The highest BCUT2D eigenvalue weighted by Crippen LogP contribution is 2.28. The third-order valence-corrected chi connectivity index (χ3v) is 6.45. The number of piperazine rings is 1. The van der Waals surface area contributed by atoms with E-state index in [-0.39, 0.29) is 17.5 Å². The van der Waals surface area contributed by atoms with Crippen LogP contribution >= 0.6 is 0 Å². The predicted octanol–water partition coefficient (Wildman–Crippen LogP) is 1.46. The zero-order valence-electron chi connectivity index (χ0n) is 18.9. The molecule has 9 heteroatoms. The molecule has 1 fully saturated rings. The lowest BCUT2D eigenvalue weighted by Crippen LogP contribution is -2.54. The van der Waals surface area contributed by atoms with Gasteiger partial charge in [0.2, 0.25) is 0 Å². The van der Waals surface area contributed by atoms with Crippen LogP contribution in [0.1, 0.15) is 34.2 Å². The SMILES string of the molecule is CCc1cc2ncc(CN3CCN4c5ccc(C(=O)NC)nc5COC[C@@H]4C3)cc2[nH]c1=O. The summed E-state index contributed by atoms with van der Waals surface area (Å²) in [6, 6.07) is 7.86. The third-order valence-electron chi connectivity index (χ3n) is 6.45. The van der Waals surface area contributed by atoms with Gasteiger partial charge in [0, 0.05) is 45.0 Å². The fourth-order valence-corrected chi connectivity index (χ4v) is 4.71. The molecule has 0 unspecified atom stereocenters. The number of carbonyl (C=O) groups is 1. The normalized spacial score (nSPS) is 18.5. The molecular weight excluding hydrogens is 420 g/mol. The van der Waals surface area contributed by atoms with Crippen LogP contribution in [0.15, 0.2) is 35.3 Å². The highest BCUT2D eigenvalue weighted by Gasteiger charge is 2.31. The fourth-order valence-electron chi connectivity index (χ4n) is 4.71. The van der Waals surface area contributed by atoms with Crippen molar-refractivity contribution in [1.29, 1.82) is 0 Å². The monoisotopic (exact) mass is 448 g/mol. The summed E-state index contributed by atoms with van der Waals surface area (Å²) in [6.45, 7) is 6.30. The van der Waals surface area contributed by atoms with E-state index >= 15 is 0 Å². The van der Waals surface area contributed by atoms with Gasteiger partial charge in [0.15, 0.2) is 0 Å². The molecule has 3 aromatic heterocycles. The number of aromatic amines is 1. The molecule has 1 saturated heterocycles. The Morgan fingerprint density at radius 1 is 1.30 bits per heavy atom. The Labute approximate surface area is 191 Å². The second-order valence-electron chi connectivity index (χ2n) is 8.59. The number of ether oxygens (including phenoxy) is 1. The zero-order chi connectivity index (χ0) is 22.9. The van der Waals surface area contributed by atoms with Crippen LogP contribution in [0.25, 0.3) is 11.0 Å². The lowest BCUT2D eigenvalue weighted by molar-refractivity contribution is 0.0876. The van der Waals surface area contributed by atoms with Crippen LogP contribution in [0.2, 0.25) is 0 Å². The second kappa shape index (κ2) is 8.92. The number of anilines is 1. The van der Waals surface area contributed by atoms with Crippen LogP contribution in [0.3, 0.4) is 0 Å². The van der Waals surface area contributed by atoms with E-state index in [0.29, 0.717) is 25.3 Å². The van der Waals surface area contributed by atoms with Gasteiger partial charge >= 0.3 is 0 Å². The van der Waals surface area contributed by atoms with Crippen molar-refractivity contribution in [2.75, 3.05) is 38.2 Å². The van der Waals surface area contributed by atoms with Gasteiger partial charge in [-0.25, -0.2) is 4.98 Å². The molecule has 33 heavy (non-hydrogen) atoms. The van der Waals surface area contributed by atoms with Crippen LogP contribution in [-0.2, 0) is 24.3 Å². The van der Waals surface area contributed by atoms with Crippen molar-refractivity contribution in [3.63, 3.8) is 0 Å². The molecule has 0 aliphatic carbocycles. The number of fused-ring (bicyclic) bond motifs is 4. The van der Waals surface area contributed by atoms with E-state index in [1.54, 1.807) is 13.1 Å². The summed E-state index contributed by atoms with van der Waals surface area (Å²) in [4.78, 5) is 41.0. The molecule has 1 amide bonds. The quantitative estimate of drug-likeness (QED) is 0.623. The first-order valence-corrected chi connectivity index (χ1v) is 11.3. The Hall–Kier alpha value is -3.30. The Morgan fingerprint density at radius 3 is 3.00 bits per heavy atom. The standard InChI is InChI=1S/C24H28N6O3/c1-3-16-9-19-20(28-23(16)31)8-15(10-26-19)11-29-6-7-30-17(12-29)13-33-14-21-22(30)5-4-18(27-21)24(32)25-2/h4-5,8-10,17H,3,6-7,11-14H2,1-2H3,(H,25,32)(H,28,31)/t17-/m0/s1. The molecule has 2 N–H and O–H groups in total. The summed E-state index contributed by atoms with van der Waals surface area (Å²) in [5, 5.41) is 2.62. The molecule has 172 valence electrons. The average Bonchev–Trinajstić information content (AvgIpc) is 3.01. The van der Waals surface area contributed by atoms with Crippen LogP contribution in [0.5, 0.6) is 0 Å². The molecule has 0 bridgehead atoms. The van der Waals surface area contributed by atoms with Crippen molar-refractivity contribution in [3.05, 3.63) is 63.3 Å². The lowest BCUT2D eigenvalue weighted by Gasteiger charge is -2.41. The third kappa shape index (κ3) is 4.21. The molecule has 0 radical (unpaired) electrons. The van der Waals surface area contributed by atoms with Crippen molar-refractivity contribution < 1.29 is 9.53 Å². The first-order valence-electron chi connectivity index (χ1n) is 11.3. The Bertz CT molecular complexity index is 1260. The largest absolute Gasteiger partial charge is 0.373 e. The number of amides is 1. The number of hydrogen-bond donors (Lipinski definition) is 2. The van der Waals surface area contributed by atoms with Gasteiger partial charge in [-0.1, -0.05) is 6.92 Å². The van der Waals surface area contributed by atoms with E-state index < -0.39 is 0 Å². The Kier molecular flexibility index (Phi) is 5.82. The maximum atomic E-state index is 12.2. The predicted molar refractivity (Wildman–Crippen MR) is 125 cm³/mol. The number of carbonyl (C=O) groups excluding carboxylic acids is 1. The smallest absolute Gasteiger partial charge is 0.269 e. The van der Waals surface area contributed by atoms with E-state index in [1.165, 1.54) is 0 Å². The average molecular weight is 449 g/mol. The molecular formula is C24H28N6O3. The fraction of sp³-hybridized carbons (Fsp3) is 0.417. The summed E-state index contributed by atoms with van der Waals surface area (Å²) in [7, 11) is 1.60. The van der Waals surface area contributed by atoms with Crippen molar-refractivity contribution in [2.45, 2.75) is 32.5 Å². The van der Waals surface area contributed by atoms with Gasteiger partial charge in [-0.15, -0.1) is 0 Å². The highest BCUT2D eigenvalue weighted by molar-refractivity contribution is 5.92. The molecule has 2 aliphatic heterocycles. The Balaban J connectivity index is 1.32. The minimum atomic E-state index is -0.195. The number of pyridine rings is 3. The first-order chi connectivity index (χ1) is 16.1. The van der Waals surface area contributed by atoms with Gasteiger partial charge in [-0.2, -0.15) is 0 Å². The van der Waals surface area contributed by atoms with Gasteiger partial charge in [-0.05, 0) is 36.2 Å². The molecule has 2 aliphatic rings. The van der Waals surface area contributed by atoms with E-state index in [1.807, 2.05) is 31.3 Å². The van der Waals surface area contributed by atoms with E-state index in [9.17, 15) is 9.59 Å². The second-order valence-corrected chi connectivity index (χ2v) is 8.59. The first kappa shape index (κ1) is 21.5. The van der Waals surface area contributed by atoms with Crippen molar-refractivity contribution >= 4 is 22.6 Å². The van der Waals surface area contributed by atoms with Crippen molar-refractivity contribution in [3.8, 4) is 0 Å². The number of aromatic nitrogens is 3. The number of nitrogens with one attached hydrogen (secondary N) is 2. The molecule has 3 aromatic rings. The maximum Gasteiger partial charge on any atom is 0.269 e. The lowest BCUT2D eigenvalue weighted by atomic mass is 10.1. The van der Waals surface area contributed by atoms with Gasteiger partial charge in [0.05, 0.1) is 41.7 Å². The minimum Gasteiger partial charge on any atom is -0.373 e. The van der Waals surface area contributed by atoms with Gasteiger partial charge in [-0.3, -0.25) is 19.5 Å². The summed E-state index contributed by atoms with van der Waals surface area (Å²) < 4.78 is 5.94. The molecule has 0 aromatic carbocycles. The Morgan fingerprint density at radius 2 is 2.18 bits per heavy atom. The summed E-state index contributed by atoms with van der Waals surface area (Å²) in [6.07, 6.45) is 2.59. The van der Waals surface area contributed by atoms with Crippen LogP contribution in [-0.4, -0.2) is 65.1 Å². The molecule has 5 heterocycles. The number of nitrogens with zero attached hydrogens (tertiary/aromatic N) is 4. The molecule has 0 saturated carbocycles. The minimum absolute atomic E-state index is 0.0416. The van der Waals surface area contributed by atoms with Crippen molar-refractivity contribution in [2.24, 2.45) is 0 Å². The molecule has 1 atom stereocenters. The number of H-pyrrole nitrogens is 1. The topological polar surface area (TPSA) is 103 Å². The summed E-state index contributed by atoms with van der Waals surface area (Å²) in [5.41, 5.74) is 5.63. The van der Waals surface area contributed by atoms with E-state index in [4.69, 9.17) is 4.74 Å². The van der Waals surface area contributed by atoms with Crippen LogP contribution in [0.4, 0.5) is 5.69 Å². The molecule has 5 rings (SSSR count). The number of aryl methyl sites for hydroxylation is 1. The molecule has 0 spiro atoms. The van der Waals surface area contributed by atoms with Gasteiger partial charge < -0.3 is 19.9 Å². The van der Waals surface area contributed by atoms with E-state index in [0.717, 1.165) is 59.7 Å². The van der Waals surface area contributed by atoms with Gasteiger partial charge in [0.1, 0.15) is 5.69 Å². The molecule has 9 nitrogen and oxygen atoms in total. The van der Waals surface area contributed by atoms with Crippen molar-refractivity contribution in [1.82, 2.24) is 25.2 Å². The number of rotatable bonds is 4. The number of hydrogen-bond acceptors (Lipinski definition) is 7.